The van der Waals surface area contributed by atoms with Gasteiger partial charge >= 0.3 is 57.5 Å². The first-order chi connectivity index (χ1) is 4.73. The fourth-order valence-corrected chi connectivity index (χ4v) is 0.440. The zero-order chi connectivity index (χ0) is 7.82. The molecule has 0 radical (unpaired) electrons. The third-order valence-corrected chi connectivity index (χ3v) is 0.789. The van der Waals surface area contributed by atoms with Crippen LogP contribution in [0.25, 0.3) is 0 Å². The van der Waals surface area contributed by atoms with Crippen molar-refractivity contribution >= 4 is 6.16 Å². The van der Waals surface area contributed by atoms with E-state index >= 15 is 0 Å². The predicted molar refractivity (Wildman–Crippen MR) is 32.9 cm³/mol. The van der Waals surface area contributed by atoms with Crippen molar-refractivity contribution in [1.82, 2.24) is 0 Å². The van der Waals surface area contributed by atoms with E-state index in [2.05, 4.69) is 9.78 Å². The quantitative estimate of drug-likeness (QED) is 0.343. The smallest absolute Gasteiger partial charge is 1.00 e. The summed E-state index contributed by atoms with van der Waals surface area (Å²) in [7, 11) is 0. The molecule has 2 N–H and O–H groups in total. The third-order valence-electron chi connectivity index (χ3n) is 0.789. The molecule has 0 amide bonds. The maximum absolute atomic E-state index is 8.56. The Morgan fingerprint density at radius 2 is 1.45 bits per heavy atom. The Labute approximate surface area is 109 Å². The van der Waals surface area contributed by atoms with E-state index in [1.807, 2.05) is 0 Å². The molecule has 5 nitrogen and oxygen atoms in total. The van der Waals surface area contributed by atoms with Gasteiger partial charge in [0.15, 0.2) is 0 Å². The molecule has 0 unspecified atom stereocenters. The second kappa shape index (κ2) is 10.8. The summed E-state index contributed by atoms with van der Waals surface area (Å²) in [6, 6.07) is 0. The summed E-state index contributed by atoms with van der Waals surface area (Å²) >= 11 is 0. The van der Waals surface area contributed by atoms with E-state index in [0.29, 0.717) is 0 Å². The molecule has 0 aromatic carbocycles. The van der Waals surface area contributed by atoms with Gasteiger partial charge in [0.05, 0.1) is 13.2 Å². The molecule has 1 saturated heterocycles. The number of carboxylic acid groups (broad SMARTS) is 2. The second-order valence-electron chi connectivity index (χ2n) is 1.63. The molecule has 1 aliphatic rings. The average molecular weight is 190 g/mol. The molecule has 0 aliphatic carbocycles. The van der Waals surface area contributed by atoms with Gasteiger partial charge in [-0.25, -0.2) is 14.6 Å². The summed E-state index contributed by atoms with van der Waals surface area (Å²) in [4.78, 5) is 17.7. The normalized spacial score (nSPS) is 15.3. The molecule has 11 heavy (non-hydrogen) atoms. The standard InChI is InChI=1S/C4H8O2.CH2O3.K.H/c1-2-4-6-5-3-1;2-1(3)4;;/h1-4H2;(H2,2,3,4);;/q;;+1;-1. The van der Waals surface area contributed by atoms with E-state index in [-0.39, 0.29) is 52.8 Å². The Morgan fingerprint density at radius 1 is 1.18 bits per heavy atom. The van der Waals surface area contributed by atoms with Gasteiger partial charge in [0, 0.05) is 0 Å². The van der Waals surface area contributed by atoms with Gasteiger partial charge in [0.1, 0.15) is 0 Å². The van der Waals surface area contributed by atoms with E-state index in [1.54, 1.807) is 0 Å². The Hall–Kier alpha value is 0.826. The fraction of sp³-hybridized carbons (Fsp3) is 0.800. The maximum Gasteiger partial charge on any atom is 1.00 e. The van der Waals surface area contributed by atoms with Crippen LogP contribution in [0.3, 0.4) is 0 Å². The molecule has 62 valence electrons. The van der Waals surface area contributed by atoms with Crippen LogP contribution in [-0.2, 0) is 9.78 Å². The van der Waals surface area contributed by atoms with Crippen molar-refractivity contribution in [2.45, 2.75) is 12.8 Å². The van der Waals surface area contributed by atoms with Gasteiger partial charge in [0.25, 0.3) is 0 Å². The summed E-state index contributed by atoms with van der Waals surface area (Å²) in [5, 5.41) is 13.9. The van der Waals surface area contributed by atoms with E-state index in [4.69, 9.17) is 15.0 Å². The molecule has 1 aliphatic heterocycles. The minimum absolute atomic E-state index is 0. The van der Waals surface area contributed by atoms with Crippen LogP contribution in [0, 0.1) is 0 Å². The Bertz CT molecular complexity index is 82.3. The summed E-state index contributed by atoms with van der Waals surface area (Å²) in [6.07, 6.45) is 0.472. The average Bonchev–Trinajstić information content (AvgIpc) is 1.90. The molecular weight excluding hydrogens is 179 g/mol. The van der Waals surface area contributed by atoms with Crippen molar-refractivity contribution in [2.24, 2.45) is 0 Å². The van der Waals surface area contributed by atoms with Crippen molar-refractivity contribution < 1.29 is 77.6 Å². The monoisotopic (exact) mass is 190 g/mol. The van der Waals surface area contributed by atoms with Gasteiger partial charge in [0.2, 0.25) is 0 Å². The first-order valence-electron chi connectivity index (χ1n) is 2.90. The summed E-state index contributed by atoms with van der Waals surface area (Å²) in [5.41, 5.74) is 0. The van der Waals surface area contributed by atoms with Crippen LogP contribution in [0.15, 0.2) is 0 Å². The first kappa shape index (κ1) is 14.4. The molecule has 0 aromatic heterocycles. The molecule has 0 aromatic rings. The van der Waals surface area contributed by atoms with E-state index in [0.717, 1.165) is 26.1 Å². The third kappa shape index (κ3) is 18.1. The van der Waals surface area contributed by atoms with Gasteiger partial charge in [-0.15, -0.1) is 0 Å². The van der Waals surface area contributed by atoms with Gasteiger partial charge in [-0.2, -0.15) is 0 Å². The molecule has 6 heteroatoms. The minimum atomic E-state index is -1.83. The van der Waals surface area contributed by atoms with Gasteiger partial charge in [-0.1, -0.05) is 0 Å². The zero-order valence-electron chi connectivity index (χ0n) is 7.45. The Kier molecular flexibility index (Phi) is 14.1. The van der Waals surface area contributed by atoms with Crippen molar-refractivity contribution in [2.75, 3.05) is 13.2 Å². The molecule has 0 atom stereocenters. The number of hydrogen-bond acceptors (Lipinski definition) is 3. The number of carbonyl (C=O) groups is 1. The van der Waals surface area contributed by atoms with Crippen LogP contribution >= 0.6 is 0 Å². The van der Waals surface area contributed by atoms with Crippen LogP contribution in [0.1, 0.15) is 14.3 Å². The van der Waals surface area contributed by atoms with Crippen molar-refractivity contribution in [3.63, 3.8) is 0 Å². The summed E-state index contributed by atoms with van der Waals surface area (Å²) in [5.74, 6) is 0. The molecule has 1 fully saturated rings. The maximum atomic E-state index is 8.56. The van der Waals surface area contributed by atoms with Crippen LogP contribution in [0.4, 0.5) is 4.79 Å². The van der Waals surface area contributed by atoms with Gasteiger partial charge in [-0.05, 0) is 12.8 Å². The van der Waals surface area contributed by atoms with Crippen molar-refractivity contribution in [3.8, 4) is 0 Å². The fourth-order valence-electron chi connectivity index (χ4n) is 0.440. The molecule has 1 heterocycles. The summed E-state index contributed by atoms with van der Waals surface area (Å²) < 4.78 is 0. The topological polar surface area (TPSA) is 76.0 Å². The van der Waals surface area contributed by atoms with Gasteiger partial charge < -0.3 is 11.6 Å². The van der Waals surface area contributed by atoms with Crippen LogP contribution in [0.2, 0.25) is 0 Å². The van der Waals surface area contributed by atoms with Crippen molar-refractivity contribution in [3.05, 3.63) is 0 Å². The SMILES string of the molecule is C1CCOOC1.O=C(O)O.[H-].[K+]. The minimum Gasteiger partial charge on any atom is -1.00 e. The molecular formula is C5H11KO5. The van der Waals surface area contributed by atoms with Gasteiger partial charge in [-0.3, -0.25) is 0 Å². The number of hydrogen-bond donors (Lipinski definition) is 2. The van der Waals surface area contributed by atoms with Crippen LogP contribution in [-0.4, -0.2) is 29.6 Å². The largest absolute Gasteiger partial charge is 1.00 e. The molecule has 0 bridgehead atoms. The van der Waals surface area contributed by atoms with Crippen LogP contribution < -0.4 is 51.4 Å². The van der Waals surface area contributed by atoms with E-state index in [1.165, 1.54) is 0 Å². The predicted octanol–water partition coefficient (Wildman–Crippen LogP) is -1.93. The first-order valence-corrected chi connectivity index (χ1v) is 2.90. The van der Waals surface area contributed by atoms with E-state index < -0.39 is 6.16 Å². The van der Waals surface area contributed by atoms with Crippen LogP contribution in [0.5, 0.6) is 0 Å². The summed E-state index contributed by atoms with van der Waals surface area (Å²) in [6.45, 7) is 1.56. The van der Waals surface area contributed by atoms with E-state index in [9.17, 15) is 0 Å². The molecule has 1 rings (SSSR count). The van der Waals surface area contributed by atoms with Crippen molar-refractivity contribution in [1.29, 1.82) is 0 Å². The number of rotatable bonds is 0. The Morgan fingerprint density at radius 3 is 1.55 bits per heavy atom. The Balaban J connectivity index is -0.000000124. The molecule has 0 saturated carbocycles. The molecule has 0 spiro atoms. The second-order valence-corrected chi connectivity index (χ2v) is 1.63. The zero-order valence-corrected chi connectivity index (χ0v) is 9.57.